The third-order valence-corrected chi connectivity index (χ3v) is 6.25. The summed E-state index contributed by atoms with van der Waals surface area (Å²) in [4.78, 5) is 4.21. The second kappa shape index (κ2) is 8.27. The molecule has 0 bridgehead atoms. The molecule has 0 amide bonds. The van der Waals surface area contributed by atoms with Crippen molar-refractivity contribution in [2.75, 3.05) is 13.4 Å². The molecule has 1 aromatic carbocycles. The highest BCUT2D eigenvalue weighted by Gasteiger charge is 2.18. The Balaban J connectivity index is 1.71. The Morgan fingerprint density at radius 1 is 1.00 bits per heavy atom. The van der Waals surface area contributed by atoms with Crippen molar-refractivity contribution in [2.24, 2.45) is 0 Å². The molecule has 0 radical (unpaired) electrons. The minimum atomic E-state index is -3.42. The van der Waals surface area contributed by atoms with Gasteiger partial charge in [0.05, 0.1) is 7.11 Å². The van der Waals surface area contributed by atoms with Gasteiger partial charge in [0.15, 0.2) is 32.1 Å². The molecule has 3 aromatic heterocycles. The van der Waals surface area contributed by atoms with E-state index in [4.69, 9.17) is 4.74 Å². The number of halogens is 2. The molecule has 0 fully saturated rings. The number of methoxy groups -OCH3 is 1. The highest BCUT2D eigenvalue weighted by molar-refractivity contribution is 7.90. The Hall–Kier alpha value is -3.40. The zero-order chi connectivity index (χ0) is 23.0. The van der Waals surface area contributed by atoms with Gasteiger partial charge in [-0.1, -0.05) is 0 Å². The van der Waals surface area contributed by atoms with Gasteiger partial charge in [0, 0.05) is 34.3 Å². The molecule has 7 nitrogen and oxygen atoms in total. The van der Waals surface area contributed by atoms with Crippen LogP contribution in [0.1, 0.15) is 17.0 Å². The number of hydrogen-bond donors (Lipinski definition) is 0. The van der Waals surface area contributed by atoms with Gasteiger partial charge >= 0.3 is 0 Å². The lowest BCUT2D eigenvalue weighted by Crippen LogP contribution is -2.05. The standard InChI is InChI=1S/C22H20F2N4O3S/c1-13-15(8-11-20(26-13)32(3,29)30)16-6-4-14(28-12-25-27-22(16)28)5-7-17-18(23)9-10-19(24)21(17)31-2/h4,6,8-12H,5,7H2,1-3H3. The monoisotopic (exact) mass is 458 g/mol. The number of benzene rings is 1. The van der Waals surface area contributed by atoms with E-state index < -0.39 is 21.5 Å². The van der Waals surface area contributed by atoms with Crippen LogP contribution in [0.2, 0.25) is 0 Å². The topological polar surface area (TPSA) is 86.5 Å². The van der Waals surface area contributed by atoms with Crippen molar-refractivity contribution in [3.05, 3.63) is 71.3 Å². The maximum Gasteiger partial charge on any atom is 0.192 e. The van der Waals surface area contributed by atoms with Crippen LogP contribution in [0.15, 0.2) is 47.8 Å². The molecule has 166 valence electrons. The summed E-state index contributed by atoms with van der Waals surface area (Å²) in [5, 5.41) is 8.19. The van der Waals surface area contributed by atoms with Crippen LogP contribution in [0.25, 0.3) is 16.8 Å². The van der Waals surface area contributed by atoms with Gasteiger partial charge in [-0.3, -0.25) is 4.40 Å². The Morgan fingerprint density at radius 2 is 1.72 bits per heavy atom. The summed E-state index contributed by atoms with van der Waals surface area (Å²) in [5.74, 6) is -1.25. The lowest BCUT2D eigenvalue weighted by atomic mass is 10.0. The molecule has 0 saturated carbocycles. The lowest BCUT2D eigenvalue weighted by Gasteiger charge is -2.13. The first-order valence-electron chi connectivity index (χ1n) is 9.71. The predicted molar refractivity (Wildman–Crippen MR) is 114 cm³/mol. The highest BCUT2D eigenvalue weighted by Crippen LogP contribution is 2.30. The molecule has 0 aliphatic heterocycles. The summed E-state index contributed by atoms with van der Waals surface area (Å²) in [5.41, 5.74) is 3.49. The lowest BCUT2D eigenvalue weighted by molar-refractivity contribution is 0.376. The number of fused-ring (bicyclic) bond motifs is 1. The summed E-state index contributed by atoms with van der Waals surface area (Å²) in [7, 11) is -2.12. The SMILES string of the molecule is COc1c(F)ccc(F)c1CCc1ccc(-c2ccc(S(C)(=O)=O)nc2C)c2nncn12. The van der Waals surface area contributed by atoms with E-state index in [1.165, 1.54) is 13.2 Å². The smallest absolute Gasteiger partial charge is 0.192 e. The van der Waals surface area contributed by atoms with Gasteiger partial charge in [-0.15, -0.1) is 10.2 Å². The van der Waals surface area contributed by atoms with E-state index in [9.17, 15) is 17.2 Å². The summed E-state index contributed by atoms with van der Waals surface area (Å²) >= 11 is 0. The van der Waals surface area contributed by atoms with Crippen molar-refractivity contribution in [1.29, 1.82) is 0 Å². The van der Waals surface area contributed by atoms with Gasteiger partial charge in [0.1, 0.15) is 12.1 Å². The van der Waals surface area contributed by atoms with Gasteiger partial charge in [-0.05, 0) is 56.2 Å². The van der Waals surface area contributed by atoms with Gasteiger partial charge < -0.3 is 4.74 Å². The first-order chi connectivity index (χ1) is 15.2. The van der Waals surface area contributed by atoms with Crippen molar-refractivity contribution in [3.63, 3.8) is 0 Å². The van der Waals surface area contributed by atoms with Crippen LogP contribution in [0, 0.1) is 18.6 Å². The summed E-state index contributed by atoms with van der Waals surface area (Å²) in [6.07, 6.45) is 3.25. The normalized spacial score (nSPS) is 11.8. The van der Waals surface area contributed by atoms with Gasteiger partial charge in [-0.2, -0.15) is 0 Å². The number of aryl methyl sites for hydroxylation is 2. The number of ether oxygens (including phenoxy) is 1. The molecule has 4 rings (SSSR count). The van der Waals surface area contributed by atoms with Crippen LogP contribution in [-0.4, -0.2) is 41.4 Å². The van der Waals surface area contributed by atoms with Gasteiger partial charge in [0.2, 0.25) is 0 Å². The van der Waals surface area contributed by atoms with E-state index in [0.29, 0.717) is 17.8 Å². The average molecular weight is 458 g/mol. The summed E-state index contributed by atoms with van der Waals surface area (Å²) < 4.78 is 58.6. The van der Waals surface area contributed by atoms with Crippen LogP contribution in [0.5, 0.6) is 5.75 Å². The van der Waals surface area contributed by atoms with Crippen molar-refractivity contribution < 1.29 is 21.9 Å². The second-order valence-electron chi connectivity index (χ2n) is 7.36. The largest absolute Gasteiger partial charge is 0.493 e. The Bertz CT molecular complexity index is 1430. The summed E-state index contributed by atoms with van der Waals surface area (Å²) in [6.45, 7) is 1.73. The van der Waals surface area contributed by atoms with Crippen LogP contribution >= 0.6 is 0 Å². The fourth-order valence-corrected chi connectivity index (χ4v) is 4.31. The van der Waals surface area contributed by atoms with E-state index in [0.717, 1.165) is 35.2 Å². The molecule has 0 atom stereocenters. The zero-order valence-corrected chi connectivity index (χ0v) is 18.4. The van der Waals surface area contributed by atoms with E-state index in [-0.39, 0.29) is 22.8 Å². The molecule has 0 unspecified atom stereocenters. The number of rotatable bonds is 6. The molecular weight excluding hydrogens is 438 g/mol. The maximum atomic E-state index is 14.3. The first kappa shape index (κ1) is 21.8. The van der Waals surface area contributed by atoms with Crippen LogP contribution in [0.4, 0.5) is 8.78 Å². The number of aromatic nitrogens is 4. The first-order valence-corrected chi connectivity index (χ1v) is 11.6. The van der Waals surface area contributed by atoms with Crippen molar-refractivity contribution in [1.82, 2.24) is 19.6 Å². The molecule has 0 N–H and O–H groups in total. The molecule has 0 aliphatic rings. The van der Waals surface area contributed by atoms with Crippen molar-refractivity contribution in [3.8, 4) is 16.9 Å². The molecule has 0 spiro atoms. The maximum absolute atomic E-state index is 14.3. The third kappa shape index (κ3) is 3.93. The van der Waals surface area contributed by atoms with E-state index in [1.54, 1.807) is 23.7 Å². The fourth-order valence-electron chi connectivity index (χ4n) is 3.69. The second-order valence-corrected chi connectivity index (χ2v) is 9.32. The molecule has 10 heteroatoms. The highest BCUT2D eigenvalue weighted by atomic mass is 32.2. The number of hydrogen-bond acceptors (Lipinski definition) is 6. The Labute approximate surface area is 183 Å². The van der Waals surface area contributed by atoms with Gasteiger partial charge in [0.25, 0.3) is 0 Å². The van der Waals surface area contributed by atoms with Crippen LogP contribution in [0.3, 0.4) is 0 Å². The predicted octanol–water partition coefficient (Wildman–Crippen LogP) is 3.58. The van der Waals surface area contributed by atoms with E-state index in [1.807, 2.05) is 12.1 Å². The molecule has 0 saturated heterocycles. The number of pyridine rings is 2. The van der Waals surface area contributed by atoms with Crippen LogP contribution in [-0.2, 0) is 22.7 Å². The Morgan fingerprint density at radius 3 is 2.41 bits per heavy atom. The van der Waals surface area contributed by atoms with Crippen molar-refractivity contribution >= 4 is 15.5 Å². The summed E-state index contributed by atoms with van der Waals surface area (Å²) in [6, 6.07) is 8.95. The number of sulfone groups is 1. The van der Waals surface area contributed by atoms with Crippen LogP contribution < -0.4 is 4.74 Å². The molecular formula is C22H20F2N4O3S. The molecule has 0 aliphatic carbocycles. The van der Waals surface area contributed by atoms with E-state index in [2.05, 4.69) is 15.2 Å². The fraction of sp³-hybridized carbons (Fsp3) is 0.227. The van der Waals surface area contributed by atoms with E-state index >= 15 is 0 Å². The quantitative estimate of drug-likeness (QED) is 0.439. The minimum Gasteiger partial charge on any atom is -0.493 e. The molecule has 32 heavy (non-hydrogen) atoms. The van der Waals surface area contributed by atoms with Crippen molar-refractivity contribution in [2.45, 2.75) is 24.8 Å². The minimum absolute atomic E-state index is 0.000996. The third-order valence-electron chi connectivity index (χ3n) is 5.26. The molecule has 3 heterocycles. The molecule has 4 aromatic rings. The van der Waals surface area contributed by atoms with Gasteiger partial charge in [-0.25, -0.2) is 22.2 Å². The zero-order valence-electron chi connectivity index (χ0n) is 17.6. The average Bonchev–Trinajstić information content (AvgIpc) is 3.24. The Kier molecular flexibility index (Phi) is 5.64. The number of nitrogens with zero attached hydrogens (tertiary/aromatic N) is 4.